The van der Waals surface area contributed by atoms with E-state index >= 15 is 0 Å². The van der Waals surface area contributed by atoms with E-state index in [1.54, 1.807) is 0 Å². The van der Waals surface area contributed by atoms with E-state index in [1.165, 1.54) is 0 Å². The molecular weight excluding hydrogens is 250 g/mol. The molecular formula is C16H17N3O. The fourth-order valence-corrected chi connectivity index (χ4v) is 1.82. The Bertz CT molecular complexity index is 602. The van der Waals surface area contributed by atoms with Gasteiger partial charge in [-0.05, 0) is 36.4 Å². The molecule has 0 atom stereocenters. The van der Waals surface area contributed by atoms with Crippen LogP contribution in [-0.2, 0) is 0 Å². The fraction of sp³-hybridized carbons (Fsp3) is 0.188. The van der Waals surface area contributed by atoms with Gasteiger partial charge >= 0.3 is 0 Å². The first-order valence-electron chi connectivity index (χ1n) is 6.39. The van der Waals surface area contributed by atoms with Gasteiger partial charge in [0.15, 0.2) is 0 Å². The Morgan fingerprint density at radius 1 is 1.15 bits per heavy atom. The average Bonchev–Trinajstić information content (AvgIpc) is 2.49. The number of benzene rings is 2. The maximum atomic E-state index is 8.77. The number of para-hydroxylation sites is 2. The molecule has 0 spiro atoms. The van der Waals surface area contributed by atoms with E-state index in [1.807, 2.05) is 55.6 Å². The minimum Gasteiger partial charge on any atom is -0.490 e. The molecule has 0 aromatic heterocycles. The van der Waals surface area contributed by atoms with Crippen LogP contribution in [-0.4, -0.2) is 20.2 Å². The van der Waals surface area contributed by atoms with Crippen LogP contribution in [0.2, 0.25) is 0 Å². The van der Waals surface area contributed by atoms with Crippen LogP contribution in [0, 0.1) is 11.3 Å². The summed E-state index contributed by atoms with van der Waals surface area (Å²) >= 11 is 0. The van der Waals surface area contributed by atoms with Gasteiger partial charge in [0.2, 0.25) is 0 Å². The fourth-order valence-electron chi connectivity index (χ4n) is 1.82. The lowest BCUT2D eigenvalue weighted by molar-refractivity contribution is 0.327. The third-order valence-electron chi connectivity index (χ3n) is 3.04. The minimum absolute atomic E-state index is 0.546. The van der Waals surface area contributed by atoms with Crippen molar-refractivity contribution in [1.82, 2.24) is 0 Å². The molecule has 2 aromatic rings. The van der Waals surface area contributed by atoms with Crippen molar-refractivity contribution in [2.24, 2.45) is 0 Å². The average molecular weight is 267 g/mol. The standard InChI is InChI=1S/C16H17N3O/c1-19(14-8-6-13(12-17)7-9-14)10-11-20-16-5-3-2-4-15(16)18/h2-9H,10-11,18H2,1H3. The first kappa shape index (κ1) is 13.8. The summed E-state index contributed by atoms with van der Waals surface area (Å²) < 4.78 is 5.65. The van der Waals surface area contributed by atoms with E-state index < -0.39 is 0 Å². The lowest BCUT2D eigenvalue weighted by atomic mass is 10.2. The van der Waals surface area contributed by atoms with Crippen LogP contribution >= 0.6 is 0 Å². The zero-order valence-electron chi connectivity index (χ0n) is 11.4. The number of nitrogens with two attached hydrogens (primary N) is 1. The summed E-state index contributed by atoms with van der Waals surface area (Å²) in [7, 11) is 1.99. The highest BCUT2D eigenvalue weighted by Crippen LogP contribution is 2.20. The predicted octanol–water partition coefficient (Wildman–Crippen LogP) is 2.66. The van der Waals surface area contributed by atoms with Gasteiger partial charge in [0, 0.05) is 12.7 Å². The van der Waals surface area contributed by atoms with Crippen molar-refractivity contribution in [3.05, 3.63) is 54.1 Å². The Morgan fingerprint density at radius 2 is 1.85 bits per heavy atom. The molecule has 0 heterocycles. The van der Waals surface area contributed by atoms with Gasteiger partial charge in [-0.15, -0.1) is 0 Å². The molecule has 2 rings (SSSR count). The Balaban J connectivity index is 1.87. The number of hydrogen-bond acceptors (Lipinski definition) is 4. The number of likely N-dealkylation sites (N-methyl/N-ethyl adjacent to an activating group) is 1. The number of rotatable bonds is 5. The van der Waals surface area contributed by atoms with Crippen molar-refractivity contribution in [2.75, 3.05) is 30.8 Å². The lowest BCUT2D eigenvalue weighted by Crippen LogP contribution is -2.23. The molecule has 0 aliphatic rings. The van der Waals surface area contributed by atoms with Crippen molar-refractivity contribution < 1.29 is 4.74 Å². The summed E-state index contributed by atoms with van der Waals surface area (Å²) in [5.41, 5.74) is 8.17. The highest BCUT2D eigenvalue weighted by atomic mass is 16.5. The van der Waals surface area contributed by atoms with Crippen LogP contribution in [0.15, 0.2) is 48.5 Å². The van der Waals surface area contributed by atoms with E-state index in [0.717, 1.165) is 12.2 Å². The van der Waals surface area contributed by atoms with E-state index in [2.05, 4.69) is 11.0 Å². The molecule has 0 unspecified atom stereocenters. The van der Waals surface area contributed by atoms with Crippen molar-refractivity contribution in [1.29, 1.82) is 5.26 Å². The second-order valence-electron chi connectivity index (χ2n) is 4.47. The van der Waals surface area contributed by atoms with Crippen LogP contribution in [0.25, 0.3) is 0 Å². The smallest absolute Gasteiger partial charge is 0.142 e. The number of hydrogen-bond donors (Lipinski definition) is 1. The molecule has 0 radical (unpaired) electrons. The Kier molecular flexibility index (Phi) is 4.46. The number of ether oxygens (including phenoxy) is 1. The third-order valence-corrected chi connectivity index (χ3v) is 3.04. The van der Waals surface area contributed by atoms with Crippen LogP contribution in [0.3, 0.4) is 0 Å². The topological polar surface area (TPSA) is 62.3 Å². The maximum Gasteiger partial charge on any atom is 0.142 e. The highest BCUT2D eigenvalue weighted by molar-refractivity contribution is 5.52. The molecule has 4 nitrogen and oxygen atoms in total. The van der Waals surface area contributed by atoms with Gasteiger partial charge < -0.3 is 15.4 Å². The summed E-state index contributed by atoms with van der Waals surface area (Å²) in [6.07, 6.45) is 0. The van der Waals surface area contributed by atoms with Crippen LogP contribution < -0.4 is 15.4 Å². The molecule has 0 saturated heterocycles. The van der Waals surface area contributed by atoms with Gasteiger partial charge in [-0.25, -0.2) is 0 Å². The molecule has 20 heavy (non-hydrogen) atoms. The summed E-state index contributed by atoms with van der Waals surface area (Å²) in [5, 5.41) is 8.77. The zero-order chi connectivity index (χ0) is 14.4. The molecule has 102 valence electrons. The molecule has 0 fully saturated rings. The predicted molar refractivity (Wildman–Crippen MR) is 80.8 cm³/mol. The summed E-state index contributed by atoms with van der Waals surface area (Å²) in [4.78, 5) is 2.07. The van der Waals surface area contributed by atoms with E-state index in [0.29, 0.717) is 23.6 Å². The SMILES string of the molecule is CN(CCOc1ccccc1N)c1ccc(C#N)cc1. The van der Waals surface area contributed by atoms with Gasteiger partial charge in [0.25, 0.3) is 0 Å². The molecule has 0 aliphatic heterocycles. The van der Waals surface area contributed by atoms with E-state index in [9.17, 15) is 0 Å². The number of nitrogen functional groups attached to an aromatic ring is 1. The van der Waals surface area contributed by atoms with Crippen molar-refractivity contribution in [2.45, 2.75) is 0 Å². The molecule has 0 amide bonds. The van der Waals surface area contributed by atoms with Crippen LogP contribution in [0.5, 0.6) is 5.75 Å². The molecule has 2 aromatic carbocycles. The zero-order valence-corrected chi connectivity index (χ0v) is 11.4. The molecule has 0 aliphatic carbocycles. The van der Waals surface area contributed by atoms with Crippen molar-refractivity contribution in [3.63, 3.8) is 0 Å². The maximum absolute atomic E-state index is 8.77. The summed E-state index contributed by atoms with van der Waals surface area (Å²) in [6.45, 7) is 1.28. The van der Waals surface area contributed by atoms with E-state index in [-0.39, 0.29) is 0 Å². The highest BCUT2D eigenvalue weighted by Gasteiger charge is 2.03. The van der Waals surface area contributed by atoms with Gasteiger partial charge in [-0.3, -0.25) is 0 Å². The summed E-state index contributed by atoms with van der Waals surface area (Å²) in [5.74, 6) is 0.709. The quantitative estimate of drug-likeness (QED) is 0.846. The molecule has 4 heteroatoms. The monoisotopic (exact) mass is 267 g/mol. The third kappa shape index (κ3) is 3.42. The molecule has 2 N–H and O–H groups in total. The van der Waals surface area contributed by atoms with Gasteiger partial charge in [-0.1, -0.05) is 12.1 Å². The minimum atomic E-state index is 0.546. The normalized spacial score (nSPS) is 9.80. The van der Waals surface area contributed by atoms with Crippen LogP contribution in [0.4, 0.5) is 11.4 Å². The number of nitrogens with zero attached hydrogens (tertiary/aromatic N) is 2. The first-order chi connectivity index (χ1) is 9.70. The lowest BCUT2D eigenvalue weighted by Gasteiger charge is -2.19. The molecule has 0 saturated carbocycles. The Labute approximate surface area is 119 Å². The second kappa shape index (κ2) is 6.48. The Hall–Kier alpha value is -2.67. The van der Waals surface area contributed by atoms with Gasteiger partial charge in [-0.2, -0.15) is 5.26 Å². The van der Waals surface area contributed by atoms with Crippen molar-refractivity contribution >= 4 is 11.4 Å². The second-order valence-corrected chi connectivity index (χ2v) is 4.47. The molecule has 0 bridgehead atoms. The summed E-state index contributed by atoms with van der Waals surface area (Å²) in [6, 6.07) is 17.0. The van der Waals surface area contributed by atoms with Gasteiger partial charge in [0.1, 0.15) is 12.4 Å². The van der Waals surface area contributed by atoms with Crippen molar-refractivity contribution in [3.8, 4) is 11.8 Å². The number of anilines is 2. The van der Waals surface area contributed by atoms with Crippen LogP contribution in [0.1, 0.15) is 5.56 Å². The van der Waals surface area contributed by atoms with Gasteiger partial charge in [0.05, 0.1) is 23.9 Å². The largest absolute Gasteiger partial charge is 0.490 e. The Morgan fingerprint density at radius 3 is 2.50 bits per heavy atom. The first-order valence-corrected chi connectivity index (χ1v) is 6.39. The van der Waals surface area contributed by atoms with E-state index in [4.69, 9.17) is 15.7 Å². The number of nitriles is 1.